The number of fused-ring (bicyclic) bond motifs is 1. The van der Waals surface area contributed by atoms with Crippen molar-refractivity contribution in [3.63, 3.8) is 0 Å². The van der Waals surface area contributed by atoms with Gasteiger partial charge in [0.15, 0.2) is 6.61 Å². The SMILES string of the molecule is COc1ccc(-c2noc(COC(=O)Cn3c(C(F)(F)F)nc4ccccc43)n2)cc1. The Hall–Kier alpha value is -3.89. The quantitative estimate of drug-likeness (QED) is 0.427. The van der Waals surface area contributed by atoms with Gasteiger partial charge in [-0.3, -0.25) is 4.79 Å². The number of hydrogen-bond acceptors (Lipinski definition) is 7. The largest absolute Gasteiger partial charge is 0.497 e. The Labute approximate surface area is 173 Å². The normalized spacial score (nSPS) is 11.6. The third-order valence-corrected chi connectivity index (χ3v) is 4.37. The van der Waals surface area contributed by atoms with Crippen molar-refractivity contribution in [2.45, 2.75) is 19.3 Å². The summed E-state index contributed by atoms with van der Waals surface area (Å²) in [5.74, 6) is -1.14. The zero-order valence-electron chi connectivity index (χ0n) is 16.1. The summed E-state index contributed by atoms with van der Waals surface area (Å²) >= 11 is 0. The molecule has 0 amide bonds. The number of alkyl halides is 3. The molecule has 2 heterocycles. The highest BCUT2D eigenvalue weighted by molar-refractivity contribution is 5.79. The predicted octanol–water partition coefficient (Wildman–Crippen LogP) is 3.86. The van der Waals surface area contributed by atoms with E-state index in [1.165, 1.54) is 12.1 Å². The van der Waals surface area contributed by atoms with Crippen LogP contribution in [0.4, 0.5) is 13.2 Å². The van der Waals surface area contributed by atoms with Gasteiger partial charge in [-0.15, -0.1) is 0 Å². The van der Waals surface area contributed by atoms with Crippen LogP contribution in [-0.4, -0.2) is 32.8 Å². The summed E-state index contributed by atoms with van der Waals surface area (Å²) in [4.78, 5) is 19.9. The number of halogens is 3. The fraction of sp³-hybridized carbons (Fsp3) is 0.200. The van der Waals surface area contributed by atoms with Crippen molar-refractivity contribution in [3.05, 3.63) is 60.2 Å². The van der Waals surface area contributed by atoms with E-state index in [4.69, 9.17) is 14.0 Å². The fourth-order valence-corrected chi connectivity index (χ4v) is 2.94. The number of imidazole rings is 1. The zero-order chi connectivity index (χ0) is 22.0. The summed E-state index contributed by atoms with van der Waals surface area (Å²) in [6.07, 6.45) is -4.72. The Bertz CT molecular complexity index is 1220. The summed E-state index contributed by atoms with van der Waals surface area (Å²) in [7, 11) is 1.54. The number of carbonyl (C=O) groups excluding carboxylic acids is 1. The lowest BCUT2D eigenvalue weighted by atomic mass is 10.2. The Morgan fingerprint density at radius 3 is 2.55 bits per heavy atom. The molecule has 160 valence electrons. The van der Waals surface area contributed by atoms with Gasteiger partial charge < -0.3 is 18.6 Å². The molecule has 0 fully saturated rings. The molecule has 0 bridgehead atoms. The maximum absolute atomic E-state index is 13.3. The van der Waals surface area contributed by atoms with Crippen LogP contribution in [0.5, 0.6) is 5.75 Å². The zero-order valence-corrected chi connectivity index (χ0v) is 16.1. The lowest BCUT2D eigenvalue weighted by Gasteiger charge is -2.10. The molecular formula is C20H15F3N4O4. The van der Waals surface area contributed by atoms with Crippen LogP contribution in [-0.2, 0) is 28.9 Å². The molecular weight excluding hydrogens is 417 g/mol. The summed E-state index contributed by atoms with van der Waals surface area (Å²) in [5, 5.41) is 3.80. The maximum atomic E-state index is 13.3. The van der Waals surface area contributed by atoms with Crippen molar-refractivity contribution < 1.29 is 32.0 Å². The molecule has 2 aromatic heterocycles. The van der Waals surface area contributed by atoms with Gasteiger partial charge in [0.2, 0.25) is 11.6 Å². The second kappa shape index (κ2) is 8.09. The van der Waals surface area contributed by atoms with Crippen LogP contribution < -0.4 is 4.74 Å². The van der Waals surface area contributed by atoms with Gasteiger partial charge in [0.25, 0.3) is 5.89 Å². The molecule has 4 rings (SSSR count). The number of hydrogen-bond donors (Lipinski definition) is 0. The highest BCUT2D eigenvalue weighted by atomic mass is 19.4. The van der Waals surface area contributed by atoms with E-state index >= 15 is 0 Å². The smallest absolute Gasteiger partial charge is 0.449 e. The third kappa shape index (κ3) is 4.34. The maximum Gasteiger partial charge on any atom is 0.449 e. The van der Waals surface area contributed by atoms with E-state index < -0.39 is 24.5 Å². The minimum Gasteiger partial charge on any atom is -0.497 e. The minimum absolute atomic E-state index is 0.00528. The van der Waals surface area contributed by atoms with Gasteiger partial charge in [-0.25, -0.2) is 4.98 Å². The van der Waals surface area contributed by atoms with Crippen LogP contribution in [0.2, 0.25) is 0 Å². The number of carbonyl (C=O) groups is 1. The molecule has 4 aromatic rings. The summed E-state index contributed by atoms with van der Waals surface area (Å²) in [6, 6.07) is 12.9. The lowest BCUT2D eigenvalue weighted by molar-refractivity contribution is -0.151. The highest BCUT2D eigenvalue weighted by Crippen LogP contribution is 2.31. The van der Waals surface area contributed by atoms with Crippen LogP contribution in [0.25, 0.3) is 22.4 Å². The molecule has 0 aliphatic rings. The van der Waals surface area contributed by atoms with Crippen molar-refractivity contribution >= 4 is 17.0 Å². The van der Waals surface area contributed by atoms with Crippen molar-refractivity contribution in [3.8, 4) is 17.1 Å². The van der Waals surface area contributed by atoms with Gasteiger partial charge in [-0.1, -0.05) is 17.3 Å². The van der Waals surface area contributed by atoms with Crippen LogP contribution in [0.15, 0.2) is 53.1 Å². The molecule has 11 heteroatoms. The first-order chi connectivity index (χ1) is 14.8. The summed E-state index contributed by atoms with van der Waals surface area (Å²) in [6.45, 7) is -1.05. The Balaban J connectivity index is 1.45. The summed E-state index contributed by atoms with van der Waals surface area (Å²) < 4.78 is 55.9. The van der Waals surface area contributed by atoms with Gasteiger partial charge in [0, 0.05) is 5.56 Å². The Morgan fingerprint density at radius 1 is 1.10 bits per heavy atom. The van der Waals surface area contributed by atoms with Gasteiger partial charge in [-0.05, 0) is 36.4 Å². The van der Waals surface area contributed by atoms with E-state index in [0.29, 0.717) is 11.3 Å². The second-order valence-corrected chi connectivity index (χ2v) is 6.41. The topological polar surface area (TPSA) is 92.3 Å². The average Bonchev–Trinajstić information content (AvgIpc) is 3.37. The van der Waals surface area contributed by atoms with Crippen molar-refractivity contribution in [2.24, 2.45) is 0 Å². The summed E-state index contributed by atoms with van der Waals surface area (Å²) in [5.41, 5.74) is 0.955. The van der Waals surface area contributed by atoms with Gasteiger partial charge in [0.1, 0.15) is 12.3 Å². The Morgan fingerprint density at radius 2 is 1.84 bits per heavy atom. The van der Waals surface area contributed by atoms with E-state index in [1.54, 1.807) is 43.5 Å². The molecule has 0 saturated heterocycles. The molecule has 8 nitrogen and oxygen atoms in total. The number of methoxy groups -OCH3 is 1. The van der Waals surface area contributed by atoms with E-state index in [1.807, 2.05) is 0 Å². The van der Waals surface area contributed by atoms with E-state index in [9.17, 15) is 18.0 Å². The van der Waals surface area contributed by atoms with Crippen molar-refractivity contribution in [1.29, 1.82) is 0 Å². The first kappa shape index (κ1) is 20.4. The lowest BCUT2D eigenvalue weighted by Crippen LogP contribution is -2.20. The molecule has 0 N–H and O–H groups in total. The molecule has 0 atom stereocenters. The van der Waals surface area contributed by atoms with E-state index in [2.05, 4.69) is 15.1 Å². The van der Waals surface area contributed by atoms with Crippen LogP contribution >= 0.6 is 0 Å². The standard InChI is InChI=1S/C20H15F3N4O4/c1-29-13-8-6-12(7-9-13)18-25-16(31-26-18)11-30-17(28)10-27-15-5-3-2-4-14(15)24-19(27)20(21,22)23/h2-9H,10-11H2,1H3. The first-order valence-electron chi connectivity index (χ1n) is 9.00. The molecule has 0 radical (unpaired) electrons. The average molecular weight is 432 g/mol. The number of aromatic nitrogens is 4. The van der Waals surface area contributed by atoms with Crippen LogP contribution in [0.3, 0.4) is 0 Å². The number of esters is 1. The molecule has 0 unspecified atom stereocenters. The number of rotatable bonds is 6. The third-order valence-electron chi connectivity index (χ3n) is 4.37. The van der Waals surface area contributed by atoms with Crippen LogP contribution in [0, 0.1) is 0 Å². The number of para-hydroxylation sites is 2. The van der Waals surface area contributed by atoms with Gasteiger partial charge >= 0.3 is 12.1 Å². The van der Waals surface area contributed by atoms with Crippen molar-refractivity contribution in [1.82, 2.24) is 19.7 Å². The second-order valence-electron chi connectivity index (χ2n) is 6.41. The molecule has 0 saturated carbocycles. The fourth-order valence-electron chi connectivity index (χ4n) is 2.94. The number of nitrogens with zero attached hydrogens (tertiary/aromatic N) is 4. The monoisotopic (exact) mass is 432 g/mol. The predicted molar refractivity (Wildman–Crippen MR) is 101 cm³/mol. The van der Waals surface area contributed by atoms with E-state index in [0.717, 1.165) is 4.57 Å². The number of ether oxygens (including phenoxy) is 2. The Kier molecular flexibility index (Phi) is 5.32. The van der Waals surface area contributed by atoms with Gasteiger partial charge in [-0.2, -0.15) is 18.2 Å². The van der Waals surface area contributed by atoms with Gasteiger partial charge in [0.05, 0.1) is 18.1 Å². The molecule has 0 spiro atoms. The molecule has 31 heavy (non-hydrogen) atoms. The first-order valence-corrected chi connectivity index (χ1v) is 9.00. The van der Waals surface area contributed by atoms with Crippen molar-refractivity contribution in [2.75, 3.05) is 7.11 Å². The molecule has 0 aliphatic heterocycles. The number of benzene rings is 2. The molecule has 2 aromatic carbocycles. The highest BCUT2D eigenvalue weighted by Gasteiger charge is 2.38. The van der Waals surface area contributed by atoms with E-state index in [-0.39, 0.29) is 29.4 Å². The minimum atomic E-state index is -4.72. The van der Waals surface area contributed by atoms with Crippen LogP contribution in [0.1, 0.15) is 11.7 Å². The molecule has 0 aliphatic carbocycles.